The molecule has 0 aromatic heterocycles. The number of carbonyl (C=O) groups excluding carboxylic acids is 1. The number of hydrogen-bond acceptors (Lipinski definition) is 1. The average Bonchev–Trinajstić information content (AvgIpc) is 2.61. The van der Waals surface area contributed by atoms with Gasteiger partial charge in [0.2, 0.25) is 5.91 Å². The summed E-state index contributed by atoms with van der Waals surface area (Å²) in [7, 11) is 0. The van der Waals surface area contributed by atoms with Crippen molar-refractivity contribution < 1.29 is 4.79 Å². The van der Waals surface area contributed by atoms with Crippen LogP contribution in [0.4, 0.5) is 0 Å². The quantitative estimate of drug-likeness (QED) is 0.240. The molecule has 1 saturated carbocycles. The first-order chi connectivity index (χ1) is 12.2. The van der Waals surface area contributed by atoms with Crippen LogP contribution in [0, 0.1) is 0 Å². The number of hydrogen-bond donors (Lipinski definition) is 1. The number of carbonyl (C=O) groups is 1. The predicted molar refractivity (Wildman–Crippen MR) is 110 cm³/mol. The van der Waals surface area contributed by atoms with Crippen LogP contribution in [0.3, 0.4) is 0 Å². The van der Waals surface area contributed by atoms with Crippen molar-refractivity contribution in [3.05, 3.63) is 0 Å². The molecule has 3 heteroatoms. The van der Waals surface area contributed by atoms with Gasteiger partial charge in [-0.1, -0.05) is 96.8 Å². The fourth-order valence-electron chi connectivity index (χ4n) is 3.83. The van der Waals surface area contributed by atoms with Gasteiger partial charge in [0, 0.05) is 12.5 Å². The second-order valence-electron chi connectivity index (χ2n) is 7.97. The summed E-state index contributed by atoms with van der Waals surface area (Å²) in [6.07, 6.45) is 22.7. The molecule has 0 aromatic carbocycles. The van der Waals surface area contributed by atoms with Crippen LogP contribution in [-0.2, 0) is 4.79 Å². The Morgan fingerprint density at radius 1 is 0.800 bits per heavy atom. The first kappa shape index (κ1) is 22.8. The molecule has 25 heavy (non-hydrogen) atoms. The zero-order valence-corrected chi connectivity index (χ0v) is 17.4. The van der Waals surface area contributed by atoms with E-state index in [1.165, 1.54) is 89.9 Å². The van der Waals surface area contributed by atoms with Crippen molar-refractivity contribution in [3.8, 4) is 0 Å². The van der Waals surface area contributed by atoms with Crippen molar-refractivity contribution in [2.75, 3.05) is 0 Å². The van der Waals surface area contributed by atoms with E-state index in [-0.39, 0.29) is 17.3 Å². The van der Waals surface area contributed by atoms with E-state index in [4.69, 9.17) is 11.6 Å². The lowest BCUT2D eigenvalue weighted by Crippen LogP contribution is -2.42. The number of unbranched alkanes of at least 4 members (excludes halogenated alkanes) is 12. The Morgan fingerprint density at radius 2 is 1.28 bits per heavy atom. The molecule has 0 heterocycles. The van der Waals surface area contributed by atoms with Crippen LogP contribution >= 0.6 is 11.6 Å². The van der Waals surface area contributed by atoms with Gasteiger partial charge in [0.05, 0.1) is 5.38 Å². The first-order valence-electron chi connectivity index (χ1n) is 11.2. The summed E-state index contributed by atoms with van der Waals surface area (Å²) in [6, 6.07) is 0.213. The molecule has 0 aromatic rings. The Kier molecular flexibility index (Phi) is 14.6. The van der Waals surface area contributed by atoms with Gasteiger partial charge in [0.25, 0.3) is 0 Å². The van der Waals surface area contributed by atoms with Crippen molar-refractivity contribution in [2.45, 2.75) is 134 Å². The van der Waals surface area contributed by atoms with Crippen LogP contribution in [0.5, 0.6) is 0 Å². The second-order valence-corrected chi connectivity index (χ2v) is 8.53. The highest BCUT2D eigenvalue weighted by Gasteiger charge is 2.24. The van der Waals surface area contributed by atoms with E-state index in [0.29, 0.717) is 6.42 Å². The first-order valence-corrected chi connectivity index (χ1v) is 11.6. The Morgan fingerprint density at radius 3 is 1.80 bits per heavy atom. The van der Waals surface area contributed by atoms with Gasteiger partial charge in [-0.05, 0) is 19.3 Å². The Balaban J connectivity index is 1.81. The molecule has 148 valence electrons. The molecule has 0 radical (unpaired) electrons. The van der Waals surface area contributed by atoms with Crippen molar-refractivity contribution >= 4 is 17.5 Å². The van der Waals surface area contributed by atoms with Crippen LogP contribution < -0.4 is 5.32 Å². The van der Waals surface area contributed by atoms with Crippen molar-refractivity contribution in [1.82, 2.24) is 5.32 Å². The second kappa shape index (κ2) is 16.0. The molecule has 1 amide bonds. The molecule has 2 nitrogen and oxygen atoms in total. The highest BCUT2D eigenvalue weighted by Crippen LogP contribution is 2.23. The number of amides is 1. The van der Waals surface area contributed by atoms with Gasteiger partial charge < -0.3 is 5.32 Å². The average molecular weight is 372 g/mol. The fourth-order valence-corrected chi connectivity index (χ4v) is 4.17. The molecule has 0 saturated heterocycles. The third-order valence-electron chi connectivity index (χ3n) is 5.54. The summed E-state index contributed by atoms with van der Waals surface area (Å²) in [5, 5.41) is 3.28. The maximum Gasteiger partial charge on any atom is 0.220 e. The zero-order valence-electron chi connectivity index (χ0n) is 16.7. The van der Waals surface area contributed by atoms with Crippen LogP contribution in [-0.4, -0.2) is 17.3 Å². The van der Waals surface area contributed by atoms with Gasteiger partial charge in [0.1, 0.15) is 0 Å². The number of rotatable bonds is 15. The Hall–Kier alpha value is -0.240. The standard InChI is InChI=1S/C22H42ClNO/c1-2-3-4-5-6-7-8-9-10-11-12-13-14-19-22(25)24-21-18-16-15-17-20(21)23/h20-21H,2-19H2,1H3,(H,24,25). The number of alkyl halides is 1. The minimum absolute atomic E-state index is 0.143. The molecule has 2 unspecified atom stereocenters. The maximum absolute atomic E-state index is 12.0. The third kappa shape index (κ3) is 12.7. The summed E-state index contributed by atoms with van der Waals surface area (Å²) in [5.74, 6) is 0.209. The summed E-state index contributed by atoms with van der Waals surface area (Å²) in [5.41, 5.74) is 0. The van der Waals surface area contributed by atoms with Crippen LogP contribution in [0.2, 0.25) is 0 Å². The van der Waals surface area contributed by atoms with E-state index in [0.717, 1.165) is 19.3 Å². The largest absolute Gasteiger partial charge is 0.352 e. The lowest BCUT2D eigenvalue weighted by atomic mass is 9.95. The molecule has 0 bridgehead atoms. The fraction of sp³-hybridized carbons (Fsp3) is 0.955. The molecule has 1 fully saturated rings. The zero-order chi connectivity index (χ0) is 18.2. The van der Waals surface area contributed by atoms with Crippen molar-refractivity contribution in [1.29, 1.82) is 0 Å². The van der Waals surface area contributed by atoms with E-state index in [1.54, 1.807) is 0 Å². The van der Waals surface area contributed by atoms with Crippen LogP contribution in [0.15, 0.2) is 0 Å². The molecule has 1 aliphatic rings. The summed E-state index contributed by atoms with van der Waals surface area (Å²) >= 11 is 6.30. The minimum atomic E-state index is 0.143. The van der Waals surface area contributed by atoms with Crippen LogP contribution in [0.25, 0.3) is 0 Å². The van der Waals surface area contributed by atoms with Gasteiger partial charge in [-0.3, -0.25) is 4.79 Å². The number of halogens is 1. The lowest BCUT2D eigenvalue weighted by molar-refractivity contribution is -0.122. The molecule has 0 spiro atoms. The maximum atomic E-state index is 12.0. The Labute approximate surface area is 161 Å². The highest BCUT2D eigenvalue weighted by atomic mass is 35.5. The van der Waals surface area contributed by atoms with Gasteiger partial charge in [-0.2, -0.15) is 0 Å². The molecule has 2 atom stereocenters. The third-order valence-corrected chi connectivity index (χ3v) is 6.06. The lowest BCUT2D eigenvalue weighted by Gasteiger charge is -2.27. The molecular weight excluding hydrogens is 330 g/mol. The van der Waals surface area contributed by atoms with E-state index in [1.807, 2.05) is 0 Å². The molecule has 1 rings (SSSR count). The monoisotopic (exact) mass is 371 g/mol. The van der Waals surface area contributed by atoms with E-state index >= 15 is 0 Å². The van der Waals surface area contributed by atoms with E-state index in [9.17, 15) is 4.79 Å². The van der Waals surface area contributed by atoms with Gasteiger partial charge in [0.15, 0.2) is 0 Å². The van der Waals surface area contributed by atoms with Crippen LogP contribution in [0.1, 0.15) is 122 Å². The minimum Gasteiger partial charge on any atom is -0.352 e. The highest BCUT2D eigenvalue weighted by molar-refractivity contribution is 6.21. The smallest absolute Gasteiger partial charge is 0.220 e. The summed E-state index contributed by atoms with van der Waals surface area (Å²) in [6.45, 7) is 2.28. The van der Waals surface area contributed by atoms with Crippen molar-refractivity contribution in [3.63, 3.8) is 0 Å². The van der Waals surface area contributed by atoms with Crippen molar-refractivity contribution in [2.24, 2.45) is 0 Å². The SMILES string of the molecule is CCCCCCCCCCCCCCCC(=O)NC1CCCCC1Cl. The Bertz CT molecular complexity index is 321. The van der Waals surface area contributed by atoms with Gasteiger partial charge in [-0.15, -0.1) is 11.6 Å². The van der Waals surface area contributed by atoms with Gasteiger partial charge >= 0.3 is 0 Å². The number of nitrogens with one attached hydrogen (secondary N) is 1. The summed E-state index contributed by atoms with van der Waals surface area (Å²) < 4.78 is 0. The topological polar surface area (TPSA) is 29.1 Å². The molecule has 0 aliphatic heterocycles. The predicted octanol–water partition coefficient (Wildman–Crippen LogP) is 7.13. The molecular formula is C22H42ClNO. The normalized spacial score (nSPS) is 20.6. The van der Waals surface area contributed by atoms with Gasteiger partial charge in [-0.25, -0.2) is 0 Å². The molecule has 1 N–H and O–H groups in total. The van der Waals surface area contributed by atoms with E-state index in [2.05, 4.69) is 12.2 Å². The summed E-state index contributed by atoms with van der Waals surface area (Å²) in [4.78, 5) is 12.0. The molecule has 1 aliphatic carbocycles. The van der Waals surface area contributed by atoms with E-state index < -0.39 is 0 Å².